The van der Waals surface area contributed by atoms with E-state index >= 15 is 0 Å². The van der Waals surface area contributed by atoms with E-state index in [1.165, 1.54) is 37.7 Å². The van der Waals surface area contributed by atoms with Gasteiger partial charge in [0.05, 0.1) is 6.61 Å². The third-order valence-corrected chi connectivity index (χ3v) is 3.59. The van der Waals surface area contributed by atoms with Gasteiger partial charge in [-0.3, -0.25) is 9.88 Å². The van der Waals surface area contributed by atoms with E-state index in [0.29, 0.717) is 6.04 Å². The minimum Gasteiger partial charge on any atom is -0.395 e. The largest absolute Gasteiger partial charge is 0.395 e. The van der Waals surface area contributed by atoms with E-state index in [2.05, 4.69) is 16.0 Å². The zero-order valence-electron chi connectivity index (χ0n) is 10.4. The summed E-state index contributed by atoms with van der Waals surface area (Å²) in [4.78, 5) is 6.57. The van der Waals surface area contributed by atoms with E-state index in [4.69, 9.17) is 0 Å². The maximum absolute atomic E-state index is 9.19. The number of nitrogens with zero attached hydrogens (tertiary/aromatic N) is 2. The second-order valence-corrected chi connectivity index (χ2v) is 4.85. The van der Waals surface area contributed by atoms with E-state index in [9.17, 15) is 5.11 Å². The Labute approximate surface area is 103 Å². The maximum atomic E-state index is 9.19. The molecule has 94 valence electrons. The molecule has 1 fully saturated rings. The van der Waals surface area contributed by atoms with Crippen molar-refractivity contribution in [2.75, 3.05) is 13.2 Å². The molecule has 1 N–H and O–H groups in total. The van der Waals surface area contributed by atoms with Crippen LogP contribution in [-0.4, -0.2) is 34.2 Å². The molecule has 1 heterocycles. The van der Waals surface area contributed by atoms with Gasteiger partial charge in [0.1, 0.15) is 0 Å². The molecular weight excluding hydrogens is 212 g/mol. The molecular formula is C14H22N2O. The molecule has 0 amide bonds. The number of aliphatic hydroxyl groups is 1. The molecule has 17 heavy (non-hydrogen) atoms. The van der Waals surface area contributed by atoms with Crippen molar-refractivity contribution in [2.45, 2.75) is 44.7 Å². The summed E-state index contributed by atoms with van der Waals surface area (Å²) in [6.45, 7) is 1.94. The lowest BCUT2D eigenvalue weighted by Gasteiger charge is -2.33. The molecule has 3 heteroatoms. The number of hydrogen-bond acceptors (Lipinski definition) is 3. The smallest absolute Gasteiger partial charge is 0.0558 e. The first-order valence-corrected chi connectivity index (χ1v) is 6.64. The number of rotatable bonds is 5. The van der Waals surface area contributed by atoms with Crippen molar-refractivity contribution < 1.29 is 5.11 Å². The fourth-order valence-electron chi connectivity index (χ4n) is 2.69. The van der Waals surface area contributed by atoms with Gasteiger partial charge in [-0.1, -0.05) is 25.3 Å². The van der Waals surface area contributed by atoms with Crippen LogP contribution in [0.3, 0.4) is 0 Å². The average molecular weight is 234 g/mol. The molecule has 0 bridgehead atoms. The van der Waals surface area contributed by atoms with Crippen LogP contribution >= 0.6 is 0 Å². The number of aromatic nitrogens is 1. The lowest BCUT2D eigenvalue weighted by Crippen LogP contribution is -2.38. The highest BCUT2D eigenvalue weighted by atomic mass is 16.3. The fraction of sp³-hybridized carbons (Fsp3) is 0.643. The van der Waals surface area contributed by atoms with Gasteiger partial charge in [0.15, 0.2) is 0 Å². The number of pyridine rings is 1. The Morgan fingerprint density at radius 2 is 2.12 bits per heavy atom. The highest BCUT2D eigenvalue weighted by Gasteiger charge is 2.20. The van der Waals surface area contributed by atoms with Crippen LogP contribution in [-0.2, 0) is 6.54 Å². The highest BCUT2D eigenvalue weighted by Crippen LogP contribution is 2.23. The van der Waals surface area contributed by atoms with Gasteiger partial charge in [0.2, 0.25) is 0 Å². The van der Waals surface area contributed by atoms with Crippen LogP contribution in [0.4, 0.5) is 0 Å². The molecule has 1 aromatic heterocycles. The Morgan fingerprint density at radius 1 is 1.29 bits per heavy atom. The molecule has 1 aliphatic rings. The normalized spacial score (nSPS) is 17.5. The van der Waals surface area contributed by atoms with Gasteiger partial charge < -0.3 is 5.11 Å². The van der Waals surface area contributed by atoms with Gasteiger partial charge in [-0.25, -0.2) is 0 Å². The molecule has 0 aliphatic heterocycles. The van der Waals surface area contributed by atoms with Crippen LogP contribution in [0.5, 0.6) is 0 Å². The van der Waals surface area contributed by atoms with E-state index in [-0.39, 0.29) is 6.61 Å². The van der Waals surface area contributed by atoms with Crippen molar-refractivity contribution in [2.24, 2.45) is 0 Å². The van der Waals surface area contributed by atoms with Crippen LogP contribution in [0.2, 0.25) is 0 Å². The van der Waals surface area contributed by atoms with Gasteiger partial charge >= 0.3 is 0 Å². The van der Waals surface area contributed by atoms with Crippen molar-refractivity contribution in [1.82, 2.24) is 9.88 Å². The summed E-state index contributed by atoms with van der Waals surface area (Å²) in [5, 5.41) is 9.19. The van der Waals surface area contributed by atoms with Crippen LogP contribution in [0, 0.1) is 0 Å². The van der Waals surface area contributed by atoms with Crippen molar-refractivity contribution in [1.29, 1.82) is 0 Å². The van der Waals surface area contributed by atoms with Gasteiger partial charge in [0, 0.05) is 31.5 Å². The molecule has 2 rings (SSSR count). The van der Waals surface area contributed by atoms with Crippen LogP contribution in [0.25, 0.3) is 0 Å². The first-order valence-electron chi connectivity index (χ1n) is 6.64. The predicted molar refractivity (Wildman–Crippen MR) is 68.6 cm³/mol. The average Bonchev–Trinajstić information content (AvgIpc) is 2.40. The summed E-state index contributed by atoms with van der Waals surface area (Å²) < 4.78 is 0. The maximum Gasteiger partial charge on any atom is 0.0558 e. The summed E-state index contributed by atoms with van der Waals surface area (Å²) >= 11 is 0. The van der Waals surface area contributed by atoms with Crippen molar-refractivity contribution >= 4 is 0 Å². The Morgan fingerprint density at radius 3 is 2.76 bits per heavy atom. The van der Waals surface area contributed by atoms with Gasteiger partial charge in [-0.05, 0) is 24.5 Å². The molecule has 1 aromatic rings. The standard InChI is InChI=1S/C14H22N2O/c17-10-9-16(14-6-2-1-3-7-14)12-13-5-4-8-15-11-13/h4-5,8,11,14,17H,1-3,6-7,9-10,12H2. The van der Waals surface area contributed by atoms with Crippen molar-refractivity contribution in [3.63, 3.8) is 0 Å². The molecule has 0 saturated heterocycles. The third kappa shape index (κ3) is 3.79. The lowest BCUT2D eigenvalue weighted by atomic mass is 9.94. The Bertz CT molecular complexity index is 309. The fourth-order valence-corrected chi connectivity index (χ4v) is 2.69. The molecule has 0 spiro atoms. The predicted octanol–water partition coefficient (Wildman–Crippen LogP) is 2.21. The van der Waals surface area contributed by atoms with Gasteiger partial charge in [-0.15, -0.1) is 0 Å². The van der Waals surface area contributed by atoms with Gasteiger partial charge in [-0.2, -0.15) is 0 Å². The highest BCUT2D eigenvalue weighted by molar-refractivity contribution is 5.08. The molecule has 1 saturated carbocycles. The van der Waals surface area contributed by atoms with Crippen LogP contribution < -0.4 is 0 Å². The van der Waals surface area contributed by atoms with Crippen LogP contribution in [0.1, 0.15) is 37.7 Å². The molecule has 3 nitrogen and oxygen atoms in total. The lowest BCUT2D eigenvalue weighted by molar-refractivity contribution is 0.117. The second kappa shape index (κ2) is 6.72. The Balaban J connectivity index is 1.96. The quantitative estimate of drug-likeness (QED) is 0.848. The number of hydrogen-bond donors (Lipinski definition) is 1. The summed E-state index contributed by atoms with van der Waals surface area (Å²) in [7, 11) is 0. The summed E-state index contributed by atoms with van der Waals surface area (Å²) in [5.74, 6) is 0. The molecule has 0 atom stereocenters. The topological polar surface area (TPSA) is 36.4 Å². The SMILES string of the molecule is OCCN(Cc1cccnc1)C1CCCCC1. The molecule has 0 radical (unpaired) electrons. The summed E-state index contributed by atoms with van der Waals surface area (Å²) in [5.41, 5.74) is 1.24. The molecule has 0 unspecified atom stereocenters. The van der Waals surface area contributed by atoms with Crippen molar-refractivity contribution in [3.05, 3.63) is 30.1 Å². The van der Waals surface area contributed by atoms with Crippen LogP contribution in [0.15, 0.2) is 24.5 Å². The van der Waals surface area contributed by atoms with E-state index in [0.717, 1.165) is 13.1 Å². The zero-order valence-corrected chi connectivity index (χ0v) is 10.4. The first-order chi connectivity index (χ1) is 8.40. The van der Waals surface area contributed by atoms with Crippen molar-refractivity contribution in [3.8, 4) is 0 Å². The molecule has 1 aliphatic carbocycles. The molecule has 0 aromatic carbocycles. The monoisotopic (exact) mass is 234 g/mol. The van der Waals surface area contributed by atoms with E-state index < -0.39 is 0 Å². The first kappa shape index (κ1) is 12.5. The van der Waals surface area contributed by atoms with Gasteiger partial charge in [0.25, 0.3) is 0 Å². The Kier molecular flexibility index (Phi) is 4.95. The third-order valence-electron chi connectivity index (χ3n) is 3.59. The summed E-state index contributed by atoms with van der Waals surface area (Å²) in [6, 6.07) is 4.74. The zero-order chi connectivity index (χ0) is 11.9. The Hall–Kier alpha value is -0.930. The number of aliphatic hydroxyl groups excluding tert-OH is 1. The second-order valence-electron chi connectivity index (χ2n) is 4.85. The minimum atomic E-state index is 0.247. The van der Waals surface area contributed by atoms with E-state index in [1.54, 1.807) is 6.20 Å². The van der Waals surface area contributed by atoms with E-state index in [1.807, 2.05) is 12.3 Å². The summed E-state index contributed by atoms with van der Waals surface area (Å²) in [6.07, 6.45) is 10.3. The minimum absolute atomic E-state index is 0.247.